The maximum atomic E-state index is 11.3. The fourth-order valence-electron chi connectivity index (χ4n) is 2.16. The summed E-state index contributed by atoms with van der Waals surface area (Å²) < 4.78 is 25.3. The summed E-state index contributed by atoms with van der Waals surface area (Å²) in [6, 6.07) is 0. The van der Waals surface area contributed by atoms with Crippen LogP contribution in [0.1, 0.15) is 20.8 Å². The van der Waals surface area contributed by atoms with E-state index < -0.39 is 48.6 Å². The van der Waals surface area contributed by atoms with Gasteiger partial charge in [-0.2, -0.15) is 0 Å². The molecule has 22 heavy (non-hydrogen) atoms. The molecule has 1 aliphatic rings. The second-order valence-electron chi connectivity index (χ2n) is 4.72. The van der Waals surface area contributed by atoms with E-state index in [4.69, 9.17) is 23.7 Å². The van der Waals surface area contributed by atoms with E-state index in [9.17, 15) is 19.5 Å². The lowest BCUT2D eigenvalue weighted by Gasteiger charge is -2.42. The second-order valence-corrected chi connectivity index (χ2v) is 4.72. The predicted octanol–water partition coefficient (Wildman–Crippen LogP) is -0.855. The van der Waals surface area contributed by atoms with Gasteiger partial charge in [-0.25, -0.2) is 0 Å². The van der Waals surface area contributed by atoms with Crippen LogP contribution in [0, 0.1) is 0 Å². The molecule has 0 aromatic carbocycles. The molecule has 0 bridgehead atoms. The van der Waals surface area contributed by atoms with Crippen LogP contribution in [-0.2, 0) is 38.1 Å². The van der Waals surface area contributed by atoms with E-state index in [0.717, 1.165) is 6.92 Å². The maximum Gasteiger partial charge on any atom is 0.303 e. The van der Waals surface area contributed by atoms with Crippen LogP contribution >= 0.6 is 0 Å². The highest BCUT2D eigenvalue weighted by atomic mass is 16.7. The first-order valence-corrected chi connectivity index (χ1v) is 6.60. The van der Waals surface area contributed by atoms with Gasteiger partial charge >= 0.3 is 17.9 Å². The van der Waals surface area contributed by atoms with E-state index in [0.29, 0.717) is 0 Å². The Morgan fingerprint density at radius 2 is 1.50 bits per heavy atom. The number of aliphatic hydroxyl groups excluding tert-OH is 1. The lowest BCUT2D eigenvalue weighted by Crippen LogP contribution is -2.61. The van der Waals surface area contributed by atoms with Crippen LogP contribution in [0.4, 0.5) is 0 Å². The number of carbonyl (C=O) groups is 3. The van der Waals surface area contributed by atoms with Crippen molar-refractivity contribution in [2.24, 2.45) is 0 Å². The quantitative estimate of drug-likeness (QED) is 0.510. The average molecular weight is 320 g/mol. The van der Waals surface area contributed by atoms with Gasteiger partial charge < -0.3 is 28.8 Å². The Morgan fingerprint density at radius 3 is 1.95 bits per heavy atom. The van der Waals surface area contributed by atoms with E-state index in [1.165, 1.54) is 21.0 Å². The van der Waals surface area contributed by atoms with E-state index >= 15 is 0 Å². The lowest BCUT2D eigenvalue weighted by atomic mass is 9.98. The summed E-state index contributed by atoms with van der Waals surface area (Å²) in [5.74, 6) is -1.87. The summed E-state index contributed by atoms with van der Waals surface area (Å²) >= 11 is 0. The van der Waals surface area contributed by atoms with Crippen molar-refractivity contribution in [1.82, 2.24) is 0 Å². The first-order chi connectivity index (χ1) is 10.3. The molecule has 5 atom stereocenters. The van der Waals surface area contributed by atoms with Crippen molar-refractivity contribution in [2.45, 2.75) is 51.5 Å². The molecule has 0 aromatic rings. The van der Waals surface area contributed by atoms with Crippen molar-refractivity contribution in [3.8, 4) is 0 Å². The van der Waals surface area contributed by atoms with Gasteiger partial charge in [-0.3, -0.25) is 14.4 Å². The van der Waals surface area contributed by atoms with E-state index in [2.05, 4.69) is 0 Å². The van der Waals surface area contributed by atoms with Crippen LogP contribution in [0.5, 0.6) is 0 Å². The molecule has 0 aromatic heterocycles. The minimum Gasteiger partial charge on any atom is -0.463 e. The summed E-state index contributed by atoms with van der Waals surface area (Å²) in [6.07, 6.45) is -5.69. The zero-order valence-electron chi connectivity index (χ0n) is 12.8. The van der Waals surface area contributed by atoms with Gasteiger partial charge in [0.1, 0.15) is 18.8 Å². The van der Waals surface area contributed by atoms with Crippen molar-refractivity contribution in [2.75, 3.05) is 13.7 Å². The average Bonchev–Trinajstić information content (AvgIpc) is 2.39. The number of hydrogen-bond donors (Lipinski definition) is 1. The molecular formula is C13H20O9. The fourth-order valence-corrected chi connectivity index (χ4v) is 2.16. The zero-order valence-corrected chi connectivity index (χ0v) is 12.8. The molecule has 5 unspecified atom stereocenters. The largest absolute Gasteiger partial charge is 0.463 e. The Morgan fingerprint density at radius 1 is 0.955 bits per heavy atom. The predicted molar refractivity (Wildman–Crippen MR) is 69.4 cm³/mol. The molecule has 0 saturated carbocycles. The van der Waals surface area contributed by atoms with E-state index in [-0.39, 0.29) is 6.61 Å². The lowest BCUT2D eigenvalue weighted by molar-refractivity contribution is -0.297. The Hall–Kier alpha value is -1.71. The Kier molecular flexibility index (Phi) is 6.72. The molecular weight excluding hydrogens is 300 g/mol. The van der Waals surface area contributed by atoms with Crippen molar-refractivity contribution in [3.05, 3.63) is 0 Å². The minimum atomic E-state index is -1.56. The van der Waals surface area contributed by atoms with E-state index in [1.807, 2.05) is 0 Å². The molecule has 9 heteroatoms. The normalized spacial score (nSPS) is 31.2. The van der Waals surface area contributed by atoms with Crippen LogP contribution in [0.25, 0.3) is 0 Å². The molecule has 1 N–H and O–H groups in total. The van der Waals surface area contributed by atoms with Crippen molar-refractivity contribution in [1.29, 1.82) is 0 Å². The number of aliphatic hydroxyl groups is 1. The monoisotopic (exact) mass is 320 g/mol. The number of rotatable bonds is 5. The van der Waals surface area contributed by atoms with Crippen molar-refractivity contribution in [3.63, 3.8) is 0 Å². The second kappa shape index (κ2) is 8.06. The zero-order chi connectivity index (χ0) is 16.9. The minimum absolute atomic E-state index is 0.213. The van der Waals surface area contributed by atoms with Crippen LogP contribution in [0.3, 0.4) is 0 Å². The molecule has 1 heterocycles. The summed E-state index contributed by atoms with van der Waals surface area (Å²) in [5, 5.41) is 9.96. The van der Waals surface area contributed by atoms with Gasteiger partial charge in [-0.05, 0) is 0 Å². The van der Waals surface area contributed by atoms with Gasteiger partial charge in [0.05, 0.1) is 0 Å². The molecule has 9 nitrogen and oxygen atoms in total. The maximum absolute atomic E-state index is 11.3. The highest BCUT2D eigenvalue weighted by molar-refractivity contribution is 5.67. The third-order valence-electron chi connectivity index (χ3n) is 2.94. The number of esters is 3. The van der Waals surface area contributed by atoms with E-state index in [1.54, 1.807) is 0 Å². The summed E-state index contributed by atoms with van der Waals surface area (Å²) in [6.45, 7) is 3.31. The smallest absolute Gasteiger partial charge is 0.303 e. The van der Waals surface area contributed by atoms with Crippen LogP contribution in [-0.4, -0.2) is 67.4 Å². The molecule has 0 aliphatic carbocycles. The number of methoxy groups -OCH3 is 1. The van der Waals surface area contributed by atoms with Crippen molar-refractivity contribution >= 4 is 17.9 Å². The number of carbonyl (C=O) groups excluding carboxylic acids is 3. The fraction of sp³-hybridized carbons (Fsp3) is 0.769. The Labute approximate surface area is 127 Å². The Bertz CT molecular complexity index is 422. The van der Waals surface area contributed by atoms with Gasteiger partial charge in [-0.15, -0.1) is 0 Å². The topological polar surface area (TPSA) is 118 Å². The number of ether oxygens (including phenoxy) is 5. The van der Waals surface area contributed by atoms with Gasteiger partial charge in [0.15, 0.2) is 18.5 Å². The summed E-state index contributed by atoms with van der Waals surface area (Å²) in [5.41, 5.74) is 0. The summed E-state index contributed by atoms with van der Waals surface area (Å²) in [4.78, 5) is 33.3. The highest BCUT2D eigenvalue weighted by Gasteiger charge is 2.50. The Balaban J connectivity index is 2.96. The van der Waals surface area contributed by atoms with Gasteiger partial charge in [-0.1, -0.05) is 0 Å². The molecule has 1 saturated heterocycles. The molecule has 0 amide bonds. The molecule has 1 aliphatic heterocycles. The SMILES string of the molecule is COC1C(COC(C)=O)OC(O)C(OC(C)=O)C1OC(C)=O. The molecule has 126 valence electrons. The van der Waals surface area contributed by atoms with Gasteiger partial charge in [0.25, 0.3) is 0 Å². The standard InChI is InChI=1S/C13H20O9/c1-6(14)19-5-9-10(18-4)11(20-7(2)15)12(13(17)22-9)21-8(3)16/h9-13,17H,5H2,1-4H3. The first-order valence-electron chi connectivity index (χ1n) is 6.60. The molecule has 0 radical (unpaired) electrons. The first kappa shape index (κ1) is 18.3. The highest BCUT2D eigenvalue weighted by Crippen LogP contribution is 2.27. The number of hydrogen-bond acceptors (Lipinski definition) is 9. The molecule has 0 spiro atoms. The van der Waals surface area contributed by atoms with Crippen LogP contribution in [0.15, 0.2) is 0 Å². The molecule has 1 fully saturated rings. The van der Waals surface area contributed by atoms with Crippen LogP contribution < -0.4 is 0 Å². The van der Waals surface area contributed by atoms with Gasteiger partial charge in [0.2, 0.25) is 0 Å². The van der Waals surface area contributed by atoms with Crippen LogP contribution in [0.2, 0.25) is 0 Å². The third kappa shape index (κ3) is 4.93. The van der Waals surface area contributed by atoms with Gasteiger partial charge in [0, 0.05) is 27.9 Å². The third-order valence-corrected chi connectivity index (χ3v) is 2.94. The molecule has 1 rings (SSSR count). The van der Waals surface area contributed by atoms with Crippen molar-refractivity contribution < 1.29 is 43.2 Å². The summed E-state index contributed by atoms with van der Waals surface area (Å²) in [7, 11) is 1.33.